The van der Waals surface area contributed by atoms with Gasteiger partial charge in [0, 0.05) is 10.7 Å². The van der Waals surface area contributed by atoms with E-state index in [1.165, 1.54) is 18.0 Å². The predicted molar refractivity (Wildman–Crippen MR) is 71.9 cm³/mol. The van der Waals surface area contributed by atoms with Crippen molar-refractivity contribution in [1.82, 2.24) is 10.4 Å². The Bertz CT molecular complexity index is 541. The molecule has 7 heteroatoms. The van der Waals surface area contributed by atoms with Gasteiger partial charge in [0.1, 0.15) is 12.0 Å². The molecule has 5 nitrogen and oxygen atoms in total. The molecule has 1 amide bonds. The Balaban J connectivity index is 1.96. The number of furan rings is 1. The third-order valence-corrected chi connectivity index (χ3v) is 3.54. The number of hydrogen-bond donors (Lipinski definition) is 2. The molecule has 0 aliphatic rings. The van der Waals surface area contributed by atoms with Gasteiger partial charge in [-0.3, -0.25) is 10.2 Å². The molecule has 18 heavy (non-hydrogen) atoms. The van der Waals surface area contributed by atoms with E-state index in [2.05, 4.69) is 26.3 Å². The minimum atomic E-state index is -0.364. The smallest absolute Gasteiger partial charge is 0.268 e. The largest absolute Gasteiger partial charge is 0.468 e. The average molecular weight is 328 g/mol. The maximum atomic E-state index is 11.2. The lowest BCUT2D eigenvalue weighted by atomic mass is 10.3. The first-order valence-corrected chi connectivity index (χ1v) is 6.79. The second-order valence-corrected chi connectivity index (χ2v) is 5.29. The van der Waals surface area contributed by atoms with Crippen molar-refractivity contribution in [2.75, 3.05) is 0 Å². The van der Waals surface area contributed by atoms with Gasteiger partial charge in [-0.05, 0) is 34.1 Å². The number of nitrogens with two attached hydrogens (primary N) is 1. The number of thioether (sulfide) groups is 1. The number of nitrogens with zero attached hydrogens (tertiary/aromatic N) is 1. The first-order valence-electron chi connectivity index (χ1n) is 5.02. The van der Waals surface area contributed by atoms with Crippen molar-refractivity contribution in [2.45, 2.75) is 10.8 Å². The average Bonchev–Trinajstić information content (AvgIpc) is 2.86. The first-order chi connectivity index (χ1) is 8.69. The highest BCUT2D eigenvalue weighted by atomic mass is 79.9. The summed E-state index contributed by atoms with van der Waals surface area (Å²) in [4.78, 5) is 15.4. The number of amides is 1. The van der Waals surface area contributed by atoms with Crippen molar-refractivity contribution in [3.05, 3.63) is 46.5 Å². The zero-order chi connectivity index (χ0) is 13.0. The Labute approximate surface area is 116 Å². The van der Waals surface area contributed by atoms with Gasteiger partial charge in [0.05, 0.1) is 16.3 Å². The van der Waals surface area contributed by atoms with E-state index >= 15 is 0 Å². The van der Waals surface area contributed by atoms with Crippen molar-refractivity contribution in [3.8, 4) is 0 Å². The lowest BCUT2D eigenvalue weighted by molar-refractivity contribution is 0.0953. The van der Waals surface area contributed by atoms with E-state index < -0.39 is 0 Å². The second-order valence-electron chi connectivity index (χ2n) is 3.38. The molecule has 2 aromatic rings. The highest BCUT2D eigenvalue weighted by molar-refractivity contribution is 9.10. The molecule has 0 aromatic carbocycles. The van der Waals surface area contributed by atoms with Crippen molar-refractivity contribution in [3.63, 3.8) is 0 Å². The van der Waals surface area contributed by atoms with Crippen LogP contribution in [0.1, 0.15) is 16.1 Å². The number of nitrogen functional groups attached to an aromatic ring is 1. The summed E-state index contributed by atoms with van der Waals surface area (Å²) >= 11 is 4.85. The van der Waals surface area contributed by atoms with Gasteiger partial charge in [-0.15, -0.1) is 0 Å². The van der Waals surface area contributed by atoms with Crippen molar-refractivity contribution in [2.24, 2.45) is 5.84 Å². The number of rotatable bonds is 4. The van der Waals surface area contributed by atoms with Crippen LogP contribution in [0.15, 0.2) is 44.6 Å². The van der Waals surface area contributed by atoms with Crippen LogP contribution in [0.4, 0.5) is 0 Å². The summed E-state index contributed by atoms with van der Waals surface area (Å²) in [6.45, 7) is 0. The molecule has 0 unspecified atom stereocenters. The molecule has 0 aliphatic heterocycles. The molecule has 0 saturated carbocycles. The fourth-order valence-corrected chi connectivity index (χ4v) is 2.22. The van der Waals surface area contributed by atoms with E-state index in [-0.39, 0.29) is 5.91 Å². The summed E-state index contributed by atoms with van der Waals surface area (Å²) < 4.78 is 6.20. The van der Waals surface area contributed by atoms with E-state index in [4.69, 9.17) is 10.3 Å². The maximum Gasteiger partial charge on any atom is 0.268 e. The Hall–Kier alpha value is -1.31. The molecule has 0 atom stereocenters. The second kappa shape index (κ2) is 6.03. The summed E-state index contributed by atoms with van der Waals surface area (Å²) in [7, 11) is 0. The molecule has 3 N–H and O–H groups in total. The third-order valence-electron chi connectivity index (χ3n) is 2.11. The number of nitrogens with one attached hydrogen (secondary N) is 1. The quantitative estimate of drug-likeness (QED) is 0.390. The van der Waals surface area contributed by atoms with Crippen LogP contribution >= 0.6 is 27.7 Å². The van der Waals surface area contributed by atoms with E-state index in [0.717, 1.165) is 9.50 Å². The molecule has 94 valence electrons. The van der Waals surface area contributed by atoms with Crippen LogP contribution in [-0.2, 0) is 5.75 Å². The highest BCUT2D eigenvalue weighted by Crippen LogP contribution is 2.23. The number of pyridine rings is 1. The van der Waals surface area contributed by atoms with Gasteiger partial charge in [0.25, 0.3) is 5.91 Å². The molecule has 0 aliphatic carbocycles. The van der Waals surface area contributed by atoms with Gasteiger partial charge in [0.15, 0.2) is 0 Å². The number of carbonyl (C=O) groups excluding carboxylic acids is 1. The van der Waals surface area contributed by atoms with Crippen LogP contribution in [0.2, 0.25) is 0 Å². The van der Waals surface area contributed by atoms with Gasteiger partial charge < -0.3 is 4.42 Å². The van der Waals surface area contributed by atoms with Gasteiger partial charge in [-0.1, -0.05) is 11.8 Å². The molecule has 0 spiro atoms. The fraction of sp³-hybridized carbons (Fsp3) is 0.0909. The van der Waals surface area contributed by atoms with Crippen LogP contribution in [0.3, 0.4) is 0 Å². The topological polar surface area (TPSA) is 81.1 Å². The van der Waals surface area contributed by atoms with E-state index in [0.29, 0.717) is 17.1 Å². The standard InChI is InChI=1S/C11H10BrN3O2S/c12-8-1-2-10(14-4-8)18-6-9-3-7(5-17-9)11(16)15-13/h1-5H,6,13H2,(H,15,16). The third kappa shape index (κ3) is 3.34. The van der Waals surface area contributed by atoms with Crippen LogP contribution in [-0.4, -0.2) is 10.9 Å². The molecule has 2 heterocycles. The molecular formula is C11H10BrN3O2S. The summed E-state index contributed by atoms with van der Waals surface area (Å²) in [5.41, 5.74) is 2.47. The molecule has 0 bridgehead atoms. The molecule has 0 saturated heterocycles. The molecule has 0 radical (unpaired) electrons. The Morgan fingerprint density at radius 1 is 1.56 bits per heavy atom. The highest BCUT2D eigenvalue weighted by Gasteiger charge is 2.09. The lowest BCUT2D eigenvalue weighted by Crippen LogP contribution is -2.29. The Kier molecular flexibility index (Phi) is 4.40. The summed E-state index contributed by atoms with van der Waals surface area (Å²) in [6, 6.07) is 5.49. The summed E-state index contributed by atoms with van der Waals surface area (Å²) in [6.07, 6.45) is 3.12. The Morgan fingerprint density at radius 2 is 2.39 bits per heavy atom. The van der Waals surface area contributed by atoms with Crippen molar-refractivity contribution < 1.29 is 9.21 Å². The summed E-state index contributed by atoms with van der Waals surface area (Å²) in [5, 5.41) is 0.888. The Morgan fingerprint density at radius 3 is 3.06 bits per heavy atom. The van der Waals surface area contributed by atoms with Crippen LogP contribution in [0.25, 0.3) is 0 Å². The number of halogens is 1. The minimum Gasteiger partial charge on any atom is -0.468 e. The normalized spacial score (nSPS) is 10.3. The number of hydrogen-bond acceptors (Lipinski definition) is 5. The molecule has 2 rings (SSSR count). The number of aromatic nitrogens is 1. The van der Waals surface area contributed by atoms with E-state index in [9.17, 15) is 4.79 Å². The molecule has 0 fully saturated rings. The maximum absolute atomic E-state index is 11.2. The van der Waals surface area contributed by atoms with E-state index in [1.807, 2.05) is 12.1 Å². The lowest BCUT2D eigenvalue weighted by Gasteiger charge is -1.98. The summed E-state index contributed by atoms with van der Waals surface area (Å²) in [5.74, 6) is 5.97. The minimum absolute atomic E-state index is 0.364. The van der Waals surface area contributed by atoms with Crippen LogP contribution in [0.5, 0.6) is 0 Å². The van der Waals surface area contributed by atoms with Gasteiger partial charge >= 0.3 is 0 Å². The molecule has 2 aromatic heterocycles. The van der Waals surface area contributed by atoms with Crippen LogP contribution < -0.4 is 11.3 Å². The van der Waals surface area contributed by atoms with Gasteiger partial charge in [-0.25, -0.2) is 10.8 Å². The SMILES string of the molecule is NNC(=O)c1coc(CSc2ccc(Br)cn2)c1. The molecular weight excluding hydrogens is 318 g/mol. The monoisotopic (exact) mass is 327 g/mol. The number of hydrazine groups is 1. The van der Waals surface area contributed by atoms with Crippen molar-refractivity contribution in [1.29, 1.82) is 0 Å². The van der Waals surface area contributed by atoms with Crippen LogP contribution in [0, 0.1) is 0 Å². The first kappa shape index (κ1) is 13.1. The van der Waals surface area contributed by atoms with Crippen molar-refractivity contribution >= 4 is 33.6 Å². The predicted octanol–water partition coefficient (Wildman–Crippen LogP) is 2.33. The van der Waals surface area contributed by atoms with Gasteiger partial charge in [0.2, 0.25) is 0 Å². The zero-order valence-corrected chi connectivity index (χ0v) is 11.6. The fourth-order valence-electron chi connectivity index (χ4n) is 1.25. The number of carbonyl (C=O) groups is 1. The van der Waals surface area contributed by atoms with Gasteiger partial charge in [-0.2, -0.15) is 0 Å². The zero-order valence-electron chi connectivity index (χ0n) is 9.22. The van der Waals surface area contributed by atoms with E-state index in [1.54, 1.807) is 12.3 Å².